The average Bonchev–Trinajstić information content (AvgIpc) is 1.62. The number of H-pyrrole nitrogens is 4. The van der Waals surface area contributed by atoms with Gasteiger partial charge in [0.25, 0.3) is 47.3 Å². The third kappa shape index (κ3) is 20.5. The van der Waals surface area contributed by atoms with Gasteiger partial charge in [-0.25, -0.2) is 13.2 Å². The summed E-state index contributed by atoms with van der Waals surface area (Å²) in [6.07, 6.45) is 25.5. The first-order valence-corrected chi connectivity index (χ1v) is 48.0. The summed E-state index contributed by atoms with van der Waals surface area (Å²) in [4.78, 5) is 170. The number of piperidine rings is 1. The predicted molar refractivity (Wildman–Crippen MR) is 518 cm³/mol. The van der Waals surface area contributed by atoms with Gasteiger partial charge in [0.1, 0.15) is 29.8 Å². The van der Waals surface area contributed by atoms with Crippen LogP contribution in [0.5, 0.6) is 0 Å². The Labute approximate surface area is 787 Å². The molecule has 11 N–H and O–H groups in total. The Morgan fingerprint density at radius 3 is 1.11 bits per heavy atom. The number of nitrogens with zero attached hydrogens (tertiary/aromatic N) is 8. The number of Topliss-reactive ketones (excluding diaryl/α,β-unsaturated/α-hetero) is 1. The van der Waals surface area contributed by atoms with Gasteiger partial charge in [0.15, 0.2) is 0 Å². The third-order valence-electron chi connectivity index (χ3n) is 28.3. The van der Waals surface area contributed by atoms with E-state index in [0.29, 0.717) is 93.3 Å². The summed E-state index contributed by atoms with van der Waals surface area (Å²) in [6.45, 7) is 26.8. The van der Waals surface area contributed by atoms with Crippen LogP contribution in [-0.2, 0) is 65.7 Å². The summed E-state index contributed by atoms with van der Waals surface area (Å²) in [5.74, 6) is -3.39. The molecule has 8 aromatic rings. The number of fused-ring (bicyclic) bond motifs is 8. The molecule has 12 aliphatic heterocycles. The number of ketones is 1. The van der Waals surface area contributed by atoms with Crippen molar-refractivity contribution in [3.05, 3.63) is 196 Å². The number of carbonyl (C=O) groups excluding carboxylic acids is 11. The number of aliphatic hydroxyl groups excluding tert-OH is 1. The number of hydrogen-bond acceptors (Lipinski definition) is 16. The van der Waals surface area contributed by atoms with E-state index >= 15 is 0 Å². The van der Waals surface area contributed by atoms with Gasteiger partial charge >= 0.3 is 0 Å². The Morgan fingerprint density at radius 2 is 0.728 bits per heavy atom. The van der Waals surface area contributed by atoms with Crippen molar-refractivity contribution in [2.45, 2.75) is 150 Å². The molecule has 10 amide bonds. The van der Waals surface area contributed by atoms with E-state index in [1.807, 2.05) is 71.6 Å². The summed E-state index contributed by atoms with van der Waals surface area (Å²) in [6, 6.07) is 14.9. The summed E-state index contributed by atoms with van der Waals surface area (Å²) in [5, 5.41) is 24.7. The molecule has 16 heterocycles. The second kappa shape index (κ2) is 41.6. The number of halogens is 3. The number of rotatable bonds is 22. The topological polar surface area (TPSA) is 369 Å². The number of anilines is 6. The van der Waals surface area contributed by atoms with Crippen molar-refractivity contribution >= 4 is 146 Å². The number of aryl methyl sites for hydroxylation is 4. The van der Waals surface area contributed by atoms with Gasteiger partial charge in [-0.2, -0.15) is 0 Å². The minimum Gasteiger partial charge on any atom is -0.387 e. The molecule has 30 nitrogen and oxygen atoms in total. The highest BCUT2D eigenvalue weighted by atomic mass is 19.1. The maximum Gasteiger partial charge on any atom is 0.256 e. The zero-order chi connectivity index (χ0) is 95.3. The molecule has 4 aromatic heterocycles. The molecule has 33 heteroatoms. The maximum absolute atomic E-state index is 14.6. The van der Waals surface area contributed by atoms with Crippen LogP contribution in [-0.4, -0.2) is 267 Å². The number of aromatic nitrogens is 4. The van der Waals surface area contributed by atoms with Gasteiger partial charge in [-0.3, -0.25) is 52.7 Å². The standard InChI is InChI=1S/C27H32N4O3.C26H30FN5O4.C25H28FN5O3.C25H29FN4O2/c1-17(32)14-19-7-8-22-20(15-19)21(26(33)29-22)16-24-18(2)25-23(28-24)6-5-11-31(27(25)34)13-12-30-9-3-4-10-30;1-15-20(12-17-16-11-18(27)22(29-23(34)14-33)13-21(16)30-25(17)35)28-19-5-4-8-32(26(36)24(15)19)10-9-31-6-2-3-7-31;1-15-20(13-18-17-11-16(26)12-21(27-14-32)23(17)29-24(18)33)28-19-5-4-8-31(25(34)22(15)19)10-9-30-6-2-3-7-30;1-16-22(15-19-18-14-17(26)7-8-20(18)28-24(19)31)27-21-6-5-11-30(25(32)23(16)21)13-12-29-9-3-2-4-10-29/h7-8,15-16,28H,3-6,9-14H2,1-2H3,(H,29,33);11-13,28,33H,2-10,14H2,1H3,(H,29,34)(H,30,35);11-14,28H,2-10H2,1H3,(H,27,32)(H,29,33);7-8,14-15,27H,2-6,9-13H2,1H3,(H,28,31)/b21-16-;17-12-;18-13-;19-15-. The van der Waals surface area contributed by atoms with Crippen LogP contribution in [0.15, 0.2) is 60.7 Å². The SMILES string of the molecule is CC(=O)Cc1ccc2c(c1)/C(=C/c1[nH]c3c(c1C)C(=O)N(CCN1CCCC1)CCC3)C(=O)N2.Cc1c(/C=C2\C(=O)Nc3c(NC=O)cc(F)cc32)[nH]c2c1C(=O)N(CCN1CCCC1)CCC2.Cc1c(/C=C2\C(=O)Nc3cc(NC(=O)CO)c(F)cc32)[nH]c2c1C(=O)N(CCN1CCCC1)CCC2.Cc1c(/C=C2\C(=O)Nc3ccc(F)cc32)[nH]c2c1C(=O)N(CCN1CCCCC1)CCC2. The van der Waals surface area contributed by atoms with E-state index in [1.165, 1.54) is 88.1 Å². The van der Waals surface area contributed by atoms with E-state index in [-0.39, 0.29) is 69.6 Å². The highest BCUT2D eigenvalue weighted by molar-refractivity contribution is 6.38. The summed E-state index contributed by atoms with van der Waals surface area (Å²) in [5.41, 5.74) is 19.2. The lowest BCUT2D eigenvalue weighted by Crippen LogP contribution is -2.40. The molecule has 0 aliphatic carbocycles. The molecule has 12 aliphatic rings. The van der Waals surface area contributed by atoms with Gasteiger partial charge in [-0.15, -0.1) is 0 Å². The normalized spacial score (nSPS) is 19.4. The van der Waals surface area contributed by atoms with Crippen molar-refractivity contribution in [1.82, 2.24) is 59.1 Å². The summed E-state index contributed by atoms with van der Waals surface area (Å²) >= 11 is 0. The first-order valence-electron chi connectivity index (χ1n) is 48.0. The number of aliphatic hydroxyl groups is 1. The smallest absolute Gasteiger partial charge is 0.256 e. The van der Waals surface area contributed by atoms with Gasteiger partial charge in [0, 0.05) is 164 Å². The van der Waals surface area contributed by atoms with E-state index in [2.05, 4.69) is 71.4 Å². The van der Waals surface area contributed by atoms with E-state index in [9.17, 15) is 65.9 Å². The van der Waals surface area contributed by atoms with Crippen LogP contribution in [0.25, 0.3) is 46.6 Å². The van der Waals surface area contributed by atoms with Crippen molar-refractivity contribution in [3.63, 3.8) is 0 Å². The minimum absolute atomic E-state index is 0.00619. The lowest BCUT2D eigenvalue weighted by Gasteiger charge is -2.29. The number of carbonyl (C=O) groups is 11. The van der Waals surface area contributed by atoms with Gasteiger partial charge in [0.2, 0.25) is 12.3 Å². The Hall–Kier alpha value is -13.1. The van der Waals surface area contributed by atoms with Crippen molar-refractivity contribution in [3.8, 4) is 0 Å². The lowest BCUT2D eigenvalue weighted by molar-refractivity contribution is -0.119. The molecule has 136 heavy (non-hydrogen) atoms. The number of likely N-dealkylation sites (tertiary alicyclic amines) is 4. The largest absolute Gasteiger partial charge is 0.387 e. The van der Waals surface area contributed by atoms with Crippen LogP contribution >= 0.6 is 0 Å². The third-order valence-corrected chi connectivity index (χ3v) is 28.3. The number of amides is 10. The molecular formula is C103H119F3N18O12. The lowest BCUT2D eigenvalue weighted by atomic mass is 10.00. The fraction of sp³-hybridized carbons (Fsp3) is 0.427. The van der Waals surface area contributed by atoms with Crippen molar-refractivity contribution < 1.29 is 71.0 Å². The quantitative estimate of drug-likeness (QED) is 0.0222. The fourth-order valence-electron chi connectivity index (χ4n) is 21.0. The van der Waals surface area contributed by atoms with Crippen LogP contribution in [0.4, 0.5) is 47.3 Å². The van der Waals surface area contributed by atoms with Crippen molar-refractivity contribution in [2.24, 2.45) is 0 Å². The molecule has 0 saturated carbocycles. The highest BCUT2D eigenvalue weighted by Crippen LogP contribution is 2.44. The van der Waals surface area contributed by atoms with Gasteiger partial charge in [-0.1, -0.05) is 12.5 Å². The molecule has 0 radical (unpaired) electrons. The molecule has 0 spiro atoms. The second-order valence-corrected chi connectivity index (χ2v) is 37.4. The molecule has 4 saturated heterocycles. The number of benzene rings is 4. The molecule has 4 fully saturated rings. The summed E-state index contributed by atoms with van der Waals surface area (Å²) < 4.78 is 42.6. The van der Waals surface area contributed by atoms with Gasteiger partial charge in [0.05, 0.1) is 67.3 Å². The van der Waals surface area contributed by atoms with E-state index < -0.39 is 36.0 Å². The minimum atomic E-state index is -0.779. The Balaban J connectivity index is 0.000000126. The van der Waals surface area contributed by atoms with E-state index in [0.717, 1.165) is 260 Å². The molecule has 0 bridgehead atoms. The van der Waals surface area contributed by atoms with Gasteiger partial charge in [-0.05, 0) is 296 Å². The first-order chi connectivity index (χ1) is 65.7. The molecule has 4 aromatic carbocycles. The molecular weight excluding hydrogens is 1740 g/mol. The van der Waals surface area contributed by atoms with Crippen LogP contribution in [0.1, 0.15) is 227 Å². The Kier molecular flexibility index (Phi) is 29.0. The maximum atomic E-state index is 14.6. The number of nitrogens with one attached hydrogen (secondary N) is 10. The van der Waals surface area contributed by atoms with E-state index in [4.69, 9.17) is 5.11 Å². The van der Waals surface area contributed by atoms with Crippen LogP contribution in [0.3, 0.4) is 0 Å². The van der Waals surface area contributed by atoms with Crippen LogP contribution in [0, 0.1) is 45.1 Å². The van der Waals surface area contributed by atoms with E-state index in [1.54, 1.807) is 31.2 Å². The Morgan fingerprint density at radius 1 is 0.382 bits per heavy atom. The first kappa shape index (κ1) is 94.7. The van der Waals surface area contributed by atoms with Crippen LogP contribution in [0.2, 0.25) is 0 Å². The fourth-order valence-corrected chi connectivity index (χ4v) is 21.0. The zero-order valence-corrected chi connectivity index (χ0v) is 77.9. The molecule has 0 unspecified atom stereocenters. The van der Waals surface area contributed by atoms with Crippen molar-refractivity contribution in [1.29, 1.82) is 0 Å². The molecule has 20 rings (SSSR count). The number of aromatic amines is 4. The van der Waals surface area contributed by atoms with Gasteiger partial charge < -0.3 is 96.1 Å². The van der Waals surface area contributed by atoms with Crippen molar-refractivity contribution in [2.75, 3.05) is 169 Å². The monoisotopic (exact) mass is 1860 g/mol. The average molecular weight is 1860 g/mol. The second-order valence-electron chi connectivity index (χ2n) is 37.4. The zero-order valence-electron chi connectivity index (χ0n) is 77.9. The predicted octanol–water partition coefficient (Wildman–Crippen LogP) is 12.6. The molecule has 0 atom stereocenters. The number of hydrogen-bond donors (Lipinski definition) is 11. The van der Waals surface area contributed by atoms with Crippen LogP contribution < -0.4 is 31.9 Å². The highest BCUT2D eigenvalue weighted by Gasteiger charge is 2.38. The molecule has 714 valence electrons. The summed E-state index contributed by atoms with van der Waals surface area (Å²) in [7, 11) is 0. The Bertz CT molecular complexity index is 6220.